The van der Waals surface area contributed by atoms with Gasteiger partial charge in [0.15, 0.2) is 0 Å². The number of nitrogens with one attached hydrogen (secondary N) is 1. The van der Waals surface area contributed by atoms with Gasteiger partial charge >= 0.3 is 0 Å². The molecule has 1 saturated heterocycles. The standard InChI is InChI=1S/C5H9N2OS/c6-5(8)4-3(9)1-2-7-4/h3-4,7H,1-2H2,(H2,6,8). The van der Waals surface area contributed by atoms with Gasteiger partial charge in [0, 0.05) is 5.25 Å². The number of carbonyl (C=O) groups is 1. The molecule has 3 N–H and O–H groups in total. The highest BCUT2D eigenvalue weighted by atomic mass is 32.1. The van der Waals surface area contributed by atoms with Crippen molar-refractivity contribution >= 4 is 18.5 Å². The van der Waals surface area contributed by atoms with Crippen molar-refractivity contribution in [3.8, 4) is 0 Å². The number of amides is 1. The van der Waals surface area contributed by atoms with E-state index in [1.54, 1.807) is 0 Å². The molecule has 1 aliphatic rings. The zero-order valence-electron chi connectivity index (χ0n) is 4.96. The van der Waals surface area contributed by atoms with E-state index >= 15 is 0 Å². The van der Waals surface area contributed by atoms with Crippen LogP contribution in [-0.4, -0.2) is 23.7 Å². The normalized spacial score (nSPS) is 34.8. The van der Waals surface area contributed by atoms with Crippen LogP contribution in [0.15, 0.2) is 0 Å². The van der Waals surface area contributed by atoms with E-state index in [4.69, 9.17) is 18.4 Å². The molecule has 4 heteroatoms. The van der Waals surface area contributed by atoms with E-state index in [2.05, 4.69) is 5.32 Å². The van der Waals surface area contributed by atoms with E-state index in [1.807, 2.05) is 0 Å². The first-order valence-corrected chi connectivity index (χ1v) is 3.37. The summed E-state index contributed by atoms with van der Waals surface area (Å²) in [5, 5.41) is 2.93. The van der Waals surface area contributed by atoms with E-state index in [9.17, 15) is 4.79 Å². The van der Waals surface area contributed by atoms with Crippen LogP contribution < -0.4 is 11.1 Å². The van der Waals surface area contributed by atoms with Crippen molar-refractivity contribution in [1.82, 2.24) is 5.32 Å². The third-order valence-electron chi connectivity index (χ3n) is 1.47. The van der Waals surface area contributed by atoms with Crippen molar-refractivity contribution in [2.24, 2.45) is 5.73 Å². The van der Waals surface area contributed by atoms with Gasteiger partial charge in [0.1, 0.15) is 0 Å². The van der Waals surface area contributed by atoms with Crippen LogP contribution in [0.1, 0.15) is 6.42 Å². The summed E-state index contributed by atoms with van der Waals surface area (Å²) >= 11 is 4.94. The van der Waals surface area contributed by atoms with Crippen molar-refractivity contribution in [3.05, 3.63) is 0 Å². The Bertz CT molecular complexity index is 128. The molecule has 1 radical (unpaired) electrons. The number of nitrogens with two attached hydrogens (primary N) is 1. The van der Waals surface area contributed by atoms with Gasteiger partial charge in [-0.15, -0.1) is 0 Å². The first-order chi connectivity index (χ1) is 4.22. The average molecular weight is 145 g/mol. The second-order valence-electron chi connectivity index (χ2n) is 2.16. The molecule has 0 aromatic rings. The zero-order chi connectivity index (χ0) is 6.85. The highest BCUT2D eigenvalue weighted by Crippen LogP contribution is 2.12. The third kappa shape index (κ3) is 1.37. The Kier molecular flexibility index (Phi) is 1.97. The van der Waals surface area contributed by atoms with Gasteiger partial charge in [-0.3, -0.25) is 4.79 Å². The van der Waals surface area contributed by atoms with E-state index in [0.717, 1.165) is 13.0 Å². The molecule has 0 aliphatic carbocycles. The Morgan fingerprint density at radius 3 is 2.67 bits per heavy atom. The molecule has 0 saturated carbocycles. The Morgan fingerprint density at radius 2 is 2.44 bits per heavy atom. The summed E-state index contributed by atoms with van der Waals surface area (Å²) in [6, 6.07) is -0.264. The summed E-state index contributed by atoms with van der Waals surface area (Å²) in [4.78, 5) is 10.5. The van der Waals surface area contributed by atoms with E-state index in [1.165, 1.54) is 0 Å². The molecule has 2 atom stereocenters. The molecule has 1 amide bonds. The molecule has 3 nitrogen and oxygen atoms in total. The zero-order valence-corrected chi connectivity index (χ0v) is 5.78. The highest BCUT2D eigenvalue weighted by Gasteiger charge is 2.28. The summed E-state index contributed by atoms with van der Waals surface area (Å²) in [6.07, 6.45) is 0.878. The molecular weight excluding hydrogens is 136 g/mol. The number of hydrogen-bond donors (Lipinski definition) is 2. The van der Waals surface area contributed by atoms with Gasteiger partial charge in [0.25, 0.3) is 0 Å². The number of primary amides is 1. The predicted octanol–water partition coefficient (Wildman–Crippen LogP) is -0.600. The van der Waals surface area contributed by atoms with Crippen molar-refractivity contribution in [1.29, 1.82) is 0 Å². The predicted molar refractivity (Wildman–Crippen MR) is 37.0 cm³/mol. The Morgan fingerprint density at radius 1 is 1.78 bits per heavy atom. The molecule has 0 bridgehead atoms. The SMILES string of the molecule is NC(=O)C1NCCC1[S]. The quantitative estimate of drug-likeness (QED) is 0.517. The molecule has 1 fully saturated rings. The topological polar surface area (TPSA) is 55.1 Å². The third-order valence-corrected chi connectivity index (χ3v) is 1.98. The molecule has 2 unspecified atom stereocenters. The molecule has 9 heavy (non-hydrogen) atoms. The first-order valence-electron chi connectivity index (χ1n) is 2.90. The van der Waals surface area contributed by atoms with Crippen LogP contribution >= 0.6 is 12.6 Å². The number of carbonyl (C=O) groups excluding carboxylic acids is 1. The summed E-state index contributed by atoms with van der Waals surface area (Å²) in [5.41, 5.74) is 5.02. The highest BCUT2D eigenvalue weighted by molar-refractivity contribution is 7.81. The molecule has 1 heterocycles. The Labute approximate surface area is 59.4 Å². The minimum absolute atomic E-state index is 0.00231. The second kappa shape index (κ2) is 2.58. The fraction of sp³-hybridized carbons (Fsp3) is 0.800. The average Bonchev–Trinajstić information content (AvgIpc) is 2.13. The first kappa shape index (κ1) is 6.89. The molecule has 0 aromatic heterocycles. The summed E-state index contributed by atoms with van der Waals surface area (Å²) in [6.45, 7) is 0.821. The van der Waals surface area contributed by atoms with Gasteiger partial charge in [0.2, 0.25) is 5.91 Å². The minimum atomic E-state index is -0.326. The molecular formula is C5H9N2OS. The molecule has 1 aliphatic heterocycles. The minimum Gasteiger partial charge on any atom is -0.368 e. The lowest BCUT2D eigenvalue weighted by Crippen LogP contribution is -2.41. The summed E-state index contributed by atoms with van der Waals surface area (Å²) in [5.74, 6) is -0.326. The van der Waals surface area contributed by atoms with Crippen LogP contribution in [0.25, 0.3) is 0 Å². The maximum Gasteiger partial charge on any atom is 0.235 e. The van der Waals surface area contributed by atoms with E-state index in [0.29, 0.717) is 0 Å². The van der Waals surface area contributed by atoms with Gasteiger partial charge in [-0.25, -0.2) is 0 Å². The fourth-order valence-electron chi connectivity index (χ4n) is 0.963. The van der Waals surface area contributed by atoms with E-state index < -0.39 is 0 Å². The monoisotopic (exact) mass is 145 g/mol. The van der Waals surface area contributed by atoms with Crippen molar-refractivity contribution in [2.75, 3.05) is 6.54 Å². The van der Waals surface area contributed by atoms with Crippen LogP contribution in [0.5, 0.6) is 0 Å². The van der Waals surface area contributed by atoms with Gasteiger partial charge in [-0.05, 0) is 13.0 Å². The molecule has 0 spiro atoms. The van der Waals surface area contributed by atoms with Gasteiger partial charge in [-0.2, -0.15) is 0 Å². The molecule has 0 aromatic carbocycles. The van der Waals surface area contributed by atoms with E-state index in [-0.39, 0.29) is 17.2 Å². The molecule has 51 valence electrons. The Balaban J connectivity index is 2.49. The maximum absolute atomic E-state index is 10.5. The number of rotatable bonds is 1. The lowest BCUT2D eigenvalue weighted by Gasteiger charge is -2.07. The second-order valence-corrected chi connectivity index (χ2v) is 2.77. The van der Waals surface area contributed by atoms with Gasteiger partial charge < -0.3 is 11.1 Å². The van der Waals surface area contributed by atoms with Crippen molar-refractivity contribution < 1.29 is 4.79 Å². The lowest BCUT2D eigenvalue weighted by molar-refractivity contribution is -0.119. The van der Waals surface area contributed by atoms with Crippen LogP contribution in [-0.2, 0) is 4.79 Å². The van der Waals surface area contributed by atoms with Crippen LogP contribution in [0.4, 0.5) is 0 Å². The van der Waals surface area contributed by atoms with Crippen LogP contribution in [0.2, 0.25) is 0 Å². The maximum atomic E-state index is 10.5. The smallest absolute Gasteiger partial charge is 0.235 e. The molecule has 1 rings (SSSR count). The van der Waals surface area contributed by atoms with Crippen LogP contribution in [0.3, 0.4) is 0 Å². The van der Waals surface area contributed by atoms with Gasteiger partial charge in [-0.1, -0.05) is 12.6 Å². The van der Waals surface area contributed by atoms with Gasteiger partial charge in [0.05, 0.1) is 6.04 Å². The Hall–Kier alpha value is -0.220. The summed E-state index contributed by atoms with van der Waals surface area (Å²) in [7, 11) is 0. The van der Waals surface area contributed by atoms with Crippen LogP contribution in [0, 0.1) is 0 Å². The fourth-order valence-corrected chi connectivity index (χ4v) is 1.31. The lowest BCUT2D eigenvalue weighted by atomic mass is 10.2. The number of hydrogen-bond acceptors (Lipinski definition) is 2. The summed E-state index contributed by atoms with van der Waals surface area (Å²) < 4.78 is 0. The van der Waals surface area contributed by atoms with Crippen molar-refractivity contribution in [3.63, 3.8) is 0 Å². The van der Waals surface area contributed by atoms with Crippen molar-refractivity contribution in [2.45, 2.75) is 17.7 Å². The largest absolute Gasteiger partial charge is 0.368 e.